The number of hydrogen-bond donors (Lipinski definition) is 1. The van der Waals surface area contributed by atoms with Gasteiger partial charge in [-0.25, -0.2) is 0 Å². The molecule has 104 valence electrons. The average molecular weight is 261 g/mol. The lowest BCUT2D eigenvalue weighted by Crippen LogP contribution is -2.41. The second-order valence-electron chi connectivity index (χ2n) is 5.58. The zero-order chi connectivity index (χ0) is 13.7. The minimum absolute atomic E-state index is 0.509. The summed E-state index contributed by atoms with van der Waals surface area (Å²) in [7, 11) is 0. The van der Waals surface area contributed by atoms with Crippen molar-refractivity contribution >= 4 is 5.97 Å². The van der Waals surface area contributed by atoms with Crippen molar-refractivity contribution < 1.29 is 9.90 Å². The van der Waals surface area contributed by atoms with E-state index in [4.69, 9.17) is 0 Å². The van der Waals surface area contributed by atoms with E-state index in [9.17, 15) is 9.90 Å². The van der Waals surface area contributed by atoms with Gasteiger partial charge in [0.15, 0.2) is 0 Å². The van der Waals surface area contributed by atoms with E-state index in [0.717, 1.165) is 38.8 Å². The Balaban J connectivity index is 2.04. The molecule has 1 N–H and O–H groups in total. The van der Waals surface area contributed by atoms with Crippen molar-refractivity contribution in [2.24, 2.45) is 5.41 Å². The molecule has 1 aromatic rings. The number of benzene rings is 1. The van der Waals surface area contributed by atoms with E-state index in [-0.39, 0.29) is 0 Å². The van der Waals surface area contributed by atoms with Crippen LogP contribution in [0, 0.1) is 5.41 Å². The molecule has 2 rings (SSSR count). The zero-order valence-corrected chi connectivity index (χ0v) is 11.6. The number of nitrogens with zero attached hydrogens (tertiary/aromatic N) is 1. The smallest absolute Gasteiger partial charge is 0.310 e. The van der Waals surface area contributed by atoms with Crippen LogP contribution in [0.15, 0.2) is 30.3 Å². The first-order valence-corrected chi connectivity index (χ1v) is 7.16. The van der Waals surface area contributed by atoms with Gasteiger partial charge >= 0.3 is 5.97 Å². The molecule has 0 aromatic heterocycles. The molecule has 0 unspecified atom stereocenters. The molecule has 1 fully saturated rings. The molecule has 0 saturated heterocycles. The van der Waals surface area contributed by atoms with E-state index in [0.29, 0.717) is 6.54 Å². The molecular formula is C16H23NO2. The van der Waals surface area contributed by atoms with Crippen molar-refractivity contribution in [2.75, 3.05) is 13.1 Å². The fourth-order valence-corrected chi connectivity index (χ4v) is 3.04. The van der Waals surface area contributed by atoms with Crippen LogP contribution < -0.4 is 0 Å². The third-order valence-electron chi connectivity index (χ3n) is 4.24. The SMILES string of the molecule is CCN(Cc1ccccc1)CC1(C(=O)O)CCCC1. The van der Waals surface area contributed by atoms with Crippen molar-refractivity contribution in [1.82, 2.24) is 4.90 Å². The summed E-state index contributed by atoms with van der Waals surface area (Å²) in [4.78, 5) is 13.9. The summed E-state index contributed by atoms with van der Waals surface area (Å²) in [6.45, 7) is 4.51. The minimum Gasteiger partial charge on any atom is -0.481 e. The van der Waals surface area contributed by atoms with Gasteiger partial charge in [0.1, 0.15) is 0 Å². The van der Waals surface area contributed by atoms with Crippen LogP contribution in [0.4, 0.5) is 0 Å². The van der Waals surface area contributed by atoms with E-state index >= 15 is 0 Å². The molecule has 19 heavy (non-hydrogen) atoms. The maximum absolute atomic E-state index is 11.6. The fourth-order valence-electron chi connectivity index (χ4n) is 3.04. The van der Waals surface area contributed by atoms with E-state index in [1.807, 2.05) is 18.2 Å². The molecule has 0 spiro atoms. The summed E-state index contributed by atoms with van der Waals surface area (Å²) in [6, 6.07) is 10.3. The van der Waals surface area contributed by atoms with Gasteiger partial charge in [0.2, 0.25) is 0 Å². The molecule has 1 aliphatic rings. The van der Waals surface area contributed by atoms with E-state index in [1.165, 1.54) is 5.56 Å². The molecule has 0 amide bonds. The van der Waals surface area contributed by atoms with Gasteiger partial charge in [-0.3, -0.25) is 9.69 Å². The molecule has 1 aliphatic carbocycles. The van der Waals surface area contributed by atoms with Gasteiger partial charge in [-0.2, -0.15) is 0 Å². The van der Waals surface area contributed by atoms with Gasteiger partial charge in [-0.15, -0.1) is 0 Å². The Hall–Kier alpha value is -1.35. The van der Waals surface area contributed by atoms with Crippen molar-refractivity contribution in [1.29, 1.82) is 0 Å². The summed E-state index contributed by atoms with van der Waals surface area (Å²) >= 11 is 0. The highest BCUT2D eigenvalue weighted by Crippen LogP contribution is 2.39. The predicted molar refractivity (Wildman–Crippen MR) is 75.9 cm³/mol. The largest absolute Gasteiger partial charge is 0.481 e. The van der Waals surface area contributed by atoms with E-state index in [1.54, 1.807) is 0 Å². The number of carboxylic acids is 1. The standard InChI is InChI=1S/C16H23NO2/c1-2-17(12-14-8-4-3-5-9-14)13-16(15(18)19)10-6-7-11-16/h3-5,8-9H,2,6-7,10-13H2,1H3,(H,18,19). The second kappa shape index (κ2) is 6.20. The maximum Gasteiger partial charge on any atom is 0.310 e. The van der Waals surface area contributed by atoms with Crippen molar-refractivity contribution in [3.05, 3.63) is 35.9 Å². The van der Waals surface area contributed by atoms with Crippen LogP contribution >= 0.6 is 0 Å². The maximum atomic E-state index is 11.6. The van der Waals surface area contributed by atoms with Crippen molar-refractivity contribution in [3.63, 3.8) is 0 Å². The number of carbonyl (C=O) groups is 1. The van der Waals surface area contributed by atoms with Gasteiger partial charge in [0.05, 0.1) is 5.41 Å². The van der Waals surface area contributed by atoms with Crippen LogP contribution in [0.2, 0.25) is 0 Å². The van der Waals surface area contributed by atoms with Crippen LogP contribution in [0.5, 0.6) is 0 Å². The first kappa shape index (κ1) is 14.1. The van der Waals surface area contributed by atoms with Crippen LogP contribution in [0.1, 0.15) is 38.2 Å². The topological polar surface area (TPSA) is 40.5 Å². The number of hydrogen-bond acceptors (Lipinski definition) is 2. The Morgan fingerprint density at radius 2 is 1.89 bits per heavy atom. The van der Waals surface area contributed by atoms with Gasteiger partial charge in [-0.1, -0.05) is 50.1 Å². The monoisotopic (exact) mass is 261 g/mol. The molecule has 1 saturated carbocycles. The number of carboxylic acid groups (broad SMARTS) is 1. The molecule has 0 bridgehead atoms. The summed E-state index contributed by atoms with van der Waals surface area (Å²) < 4.78 is 0. The van der Waals surface area contributed by atoms with Crippen LogP contribution in [-0.2, 0) is 11.3 Å². The molecular weight excluding hydrogens is 238 g/mol. The Morgan fingerprint density at radius 1 is 1.26 bits per heavy atom. The quantitative estimate of drug-likeness (QED) is 0.855. The third kappa shape index (κ3) is 3.35. The summed E-state index contributed by atoms with van der Waals surface area (Å²) in [5.41, 5.74) is 0.744. The molecule has 1 aromatic carbocycles. The first-order valence-electron chi connectivity index (χ1n) is 7.16. The Morgan fingerprint density at radius 3 is 2.42 bits per heavy atom. The molecule has 0 heterocycles. The third-order valence-corrected chi connectivity index (χ3v) is 4.24. The predicted octanol–water partition coefficient (Wildman–Crippen LogP) is 3.15. The second-order valence-corrected chi connectivity index (χ2v) is 5.58. The van der Waals surface area contributed by atoms with Gasteiger partial charge in [-0.05, 0) is 24.9 Å². The molecule has 0 radical (unpaired) electrons. The normalized spacial score (nSPS) is 17.8. The lowest BCUT2D eigenvalue weighted by molar-refractivity contribution is -0.150. The van der Waals surface area contributed by atoms with E-state index in [2.05, 4.69) is 24.0 Å². The lowest BCUT2D eigenvalue weighted by atomic mass is 9.85. The average Bonchev–Trinajstić information content (AvgIpc) is 2.89. The van der Waals surface area contributed by atoms with Crippen LogP contribution in [-0.4, -0.2) is 29.1 Å². The lowest BCUT2D eigenvalue weighted by Gasteiger charge is -2.31. The summed E-state index contributed by atoms with van der Waals surface area (Å²) in [6.07, 6.45) is 3.76. The van der Waals surface area contributed by atoms with Crippen LogP contribution in [0.3, 0.4) is 0 Å². The molecule has 0 aliphatic heterocycles. The molecule has 3 nitrogen and oxygen atoms in total. The fraction of sp³-hybridized carbons (Fsp3) is 0.562. The van der Waals surface area contributed by atoms with Crippen molar-refractivity contribution in [3.8, 4) is 0 Å². The Bertz CT molecular complexity index is 410. The zero-order valence-electron chi connectivity index (χ0n) is 11.6. The van der Waals surface area contributed by atoms with Crippen molar-refractivity contribution in [2.45, 2.75) is 39.2 Å². The summed E-state index contributed by atoms with van der Waals surface area (Å²) in [5, 5.41) is 9.55. The minimum atomic E-state index is -0.614. The number of aliphatic carboxylic acids is 1. The van der Waals surface area contributed by atoms with Gasteiger partial charge in [0, 0.05) is 13.1 Å². The first-order chi connectivity index (χ1) is 9.16. The Kier molecular flexibility index (Phi) is 4.59. The molecule has 3 heteroatoms. The Labute approximate surface area is 115 Å². The number of rotatable bonds is 6. The highest BCUT2D eigenvalue weighted by Gasteiger charge is 2.42. The highest BCUT2D eigenvalue weighted by molar-refractivity contribution is 5.75. The van der Waals surface area contributed by atoms with Gasteiger partial charge < -0.3 is 5.11 Å². The van der Waals surface area contributed by atoms with E-state index < -0.39 is 11.4 Å². The molecule has 0 atom stereocenters. The van der Waals surface area contributed by atoms with Crippen LogP contribution in [0.25, 0.3) is 0 Å². The van der Waals surface area contributed by atoms with Gasteiger partial charge in [0.25, 0.3) is 0 Å². The summed E-state index contributed by atoms with van der Waals surface area (Å²) in [5.74, 6) is -0.614. The highest BCUT2D eigenvalue weighted by atomic mass is 16.4.